The highest BCUT2D eigenvalue weighted by molar-refractivity contribution is 5.78. The summed E-state index contributed by atoms with van der Waals surface area (Å²) < 4.78 is 0. The quantitative estimate of drug-likeness (QED) is 0.758. The van der Waals surface area contributed by atoms with Crippen molar-refractivity contribution in [3.63, 3.8) is 0 Å². The van der Waals surface area contributed by atoms with Gasteiger partial charge >= 0.3 is 0 Å². The SMILES string of the molecule is CCC(C)(C)NC(=O)CN1CCCCC1CN. The maximum atomic E-state index is 12.0. The van der Waals surface area contributed by atoms with Crippen LogP contribution in [0.3, 0.4) is 0 Å². The van der Waals surface area contributed by atoms with E-state index in [4.69, 9.17) is 5.73 Å². The fourth-order valence-electron chi connectivity index (χ4n) is 2.22. The average molecular weight is 241 g/mol. The van der Waals surface area contributed by atoms with Crippen molar-refractivity contribution in [1.29, 1.82) is 0 Å². The Morgan fingerprint density at radius 1 is 1.47 bits per heavy atom. The van der Waals surface area contributed by atoms with Gasteiger partial charge in [0.25, 0.3) is 0 Å². The number of nitrogens with zero attached hydrogens (tertiary/aromatic N) is 1. The van der Waals surface area contributed by atoms with E-state index >= 15 is 0 Å². The summed E-state index contributed by atoms with van der Waals surface area (Å²) in [5, 5.41) is 3.08. The van der Waals surface area contributed by atoms with E-state index in [1.807, 2.05) is 0 Å². The number of rotatable bonds is 5. The molecule has 3 N–H and O–H groups in total. The van der Waals surface area contributed by atoms with Crippen LogP contribution in [-0.2, 0) is 4.79 Å². The number of amides is 1. The second-order valence-corrected chi connectivity index (χ2v) is 5.64. The molecule has 100 valence electrons. The maximum absolute atomic E-state index is 12.0. The van der Waals surface area contributed by atoms with Crippen LogP contribution in [0.1, 0.15) is 46.5 Å². The van der Waals surface area contributed by atoms with Crippen molar-refractivity contribution in [3.05, 3.63) is 0 Å². The molecule has 0 radical (unpaired) electrons. The zero-order valence-electron chi connectivity index (χ0n) is 11.5. The summed E-state index contributed by atoms with van der Waals surface area (Å²) in [5.41, 5.74) is 5.64. The van der Waals surface area contributed by atoms with E-state index in [-0.39, 0.29) is 11.4 Å². The van der Waals surface area contributed by atoms with Crippen LogP contribution in [0.15, 0.2) is 0 Å². The Morgan fingerprint density at radius 3 is 2.76 bits per heavy atom. The predicted molar refractivity (Wildman–Crippen MR) is 70.8 cm³/mol. The number of likely N-dealkylation sites (tertiary alicyclic amines) is 1. The molecule has 0 saturated carbocycles. The second-order valence-electron chi connectivity index (χ2n) is 5.64. The first-order valence-electron chi connectivity index (χ1n) is 6.73. The predicted octanol–water partition coefficient (Wildman–Crippen LogP) is 1.10. The molecule has 1 saturated heterocycles. The molecule has 1 heterocycles. The lowest BCUT2D eigenvalue weighted by atomic mass is 10.0. The Hall–Kier alpha value is -0.610. The van der Waals surface area contributed by atoms with Crippen LogP contribution in [0.25, 0.3) is 0 Å². The lowest BCUT2D eigenvalue weighted by Gasteiger charge is -2.35. The minimum Gasteiger partial charge on any atom is -0.350 e. The van der Waals surface area contributed by atoms with Gasteiger partial charge in [-0.3, -0.25) is 9.69 Å². The number of nitrogens with two attached hydrogens (primary N) is 1. The molecule has 1 rings (SSSR count). The average Bonchev–Trinajstić information content (AvgIpc) is 2.29. The molecule has 4 nitrogen and oxygen atoms in total. The number of hydrogen-bond acceptors (Lipinski definition) is 3. The molecule has 1 aliphatic heterocycles. The highest BCUT2D eigenvalue weighted by Crippen LogP contribution is 2.16. The lowest BCUT2D eigenvalue weighted by molar-refractivity contribution is -0.124. The molecular weight excluding hydrogens is 214 g/mol. The van der Waals surface area contributed by atoms with Crippen molar-refractivity contribution in [2.75, 3.05) is 19.6 Å². The molecule has 1 amide bonds. The molecule has 0 aromatic heterocycles. The molecule has 1 fully saturated rings. The molecular formula is C13H27N3O. The van der Waals surface area contributed by atoms with E-state index in [1.165, 1.54) is 12.8 Å². The van der Waals surface area contributed by atoms with Gasteiger partial charge < -0.3 is 11.1 Å². The zero-order chi connectivity index (χ0) is 12.9. The fraction of sp³-hybridized carbons (Fsp3) is 0.923. The molecule has 1 aliphatic rings. The van der Waals surface area contributed by atoms with E-state index in [2.05, 4.69) is 31.0 Å². The van der Waals surface area contributed by atoms with Crippen LogP contribution in [0.5, 0.6) is 0 Å². The van der Waals surface area contributed by atoms with E-state index in [1.54, 1.807) is 0 Å². The van der Waals surface area contributed by atoms with E-state index < -0.39 is 0 Å². The summed E-state index contributed by atoms with van der Waals surface area (Å²) in [6, 6.07) is 0.388. The van der Waals surface area contributed by atoms with Gasteiger partial charge in [0, 0.05) is 18.1 Å². The summed E-state index contributed by atoms with van der Waals surface area (Å²) in [4.78, 5) is 14.2. The first-order valence-corrected chi connectivity index (χ1v) is 6.73. The Bertz CT molecular complexity index is 253. The van der Waals surface area contributed by atoms with Crippen LogP contribution < -0.4 is 11.1 Å². The van der Waals surface area contributed by atoms with Gasteiger partial charge in [-0.2, -0.15) is 0 Å². The first kappa shape index (κ1) is 14.5. The number of nitrogens with one attached hydrogen (secondary N) is 1. The normalized spacial score (nSPS) is 22.5. The van der Waals surface area contributed by atoms with Crippen LogP contribution in [0.4, 0.5) is 0 Å². The van der Waals surface area contributed by atoms with E-state index in [0.717, 1.165) is 19.4 Å². The van der Waals surface area contributed by atoms with Crippen molar-refractivity contribution >= 4 is 5.91 Å². The minimum absolute atomic E-state index is 0.106. The minimum atomic E-state index is -0.106. The van der Waals surface area contributed by atoms with Gasteiger partial charge in [-0.15, -0.1) is 0 Å². The topological polar surface area (TPSA) is 58.4 Å². The highest BCUT2D eigenvalue weighted by atomic mass is 16.2. The van der Waals surface area contributed by atoms with Crippen molar-refractivity contribution < 1.29 is 4.79 Å². The summed E-state index contributed by atoms with van der Waals surface area (Å²) in [5.74, 6) is 0.122. The molecule has 1 atom stereocenters. The van der Waals surface area contributed by atoms with Crippen molar-refractivity contribution in [3.8, 4) is 0 Å². The molecule has 4 heteroatoms. The van der Waals surface area contributed by atoms with Gasteiger partial charge in [0.15, 0.2) is 0 Å². The third-order valence-electron chi connectivity index (χ3n) is 3.73. The van der Waals surface area contributed by atoms with Gasteiger partial charge in [0.05, 0.1) is 6.54 Å². The van der Waals surface area contributed by atoms with Gasteiger partial charge in [-0.1, -0.05) is 13.3 Å². The highest BCUT2D eigenvalue weighted by Gasteiger charge is 2.25. The summed E-state index contributed by atoms with van der Waals surface area (Å²) in [6.07, 6.45) is 4.49. The third-order valence-corrected chi connectivity index (χ3v) is 3.73. The second kappa shape index (κ2) is 6.36. The first-order chi connectivity index (χ1) is 7.98. The van der Waals surface area contributed by atoms with Crippen LogP contribution >= 0.6 is 0 Å². The smallest absolute Gasteiger partial charge is 0.234 e. The van der Waals surface area contributed by atoms with Gasteiger partial charge in [0.2, 0.25) is 5.91 Å². The lowest BCUT2D eigenvalue weighted by Crippen LogP contribution is -2.52. The van der Waals surface area contributed by atoms with Gasteiger partial charge in [-0.05, 0) is 39.7 Å². The number of piperidine rings is 1. The maximum Gasteiger partial charge on any atom is 0.234 e. The summed E-state index contributed by atoms with van der Waals surface area (Å²) >= 11 is 0. The molecule has 0 bridgehead atoms. The van der Waals surface area contributed by atoms with E-state index in [9.17, 15) is 4.79 Å². The van der Waals surface area contributed by atoms with Crippen molar-refractivity contribution in [1.82, 2.24) is 10.2 Å². The molecule has 0 aromatic rings. The molecule has 0 spiro atoms. The van der Waals surface area contributed by atoms with Crippen molar-refractivity contribution in [2.24, 2.45) is 5.73 Å². The molecule has 1 unspecified atom stereocenters. The van der Waals surface area contributed by atoms with Gasteiger partial charge in [0.1, 0.15) is 0 Å². The fourth-order valence-corrected chi connectivity index (χ4v) is 2.22. The largest absolute Gasteiger partial charge is 0.350 e. The number of hydrogen-bond donors (Lipinski definition) is 2. The molecule has 17 heavy (non-hydrogen) atoms. The Balaban J connectivity index is 2.44. The van der Waals surface area contributed by atoms with E-state index in [0.29, 0.717) is 19.1 Å². The number of carbonyl (C=O) groups is 1. The molecule has 0 aromatic carbocycles. The van der Waals surface area contributed by atoms with Crippen molar-refractivity contribution in [2.45, 2.75) is 58.0 Å². The number of carbonyl (C=O) groups excluding carboxylic acids is 1. The molecule has 0 aliphatic carbocycles. The zero-order valence-corrected chi connectivity index (χ0v) is 11.5. The summed E-state index contributed by atoms with van der Waals surface area (Å²) in [7, 11) is 0. The van der Waals surface area contributed by atoms with Crippen LogP contribution in [0.2, 0.25) is 0 Å². The Labute approximate surface area is 105 Å². The van der Waals surface area contributed by atoms with Gasteiger partial charge in [-0.25, -0.2) is 0 Å². The summed E-state index contributed by atoms with van der Waals surface area (Å²) in [6.45, 7) is 8.35. The monoisotopic (exact) mass is 241 g/mol. The Kier molecular flexibility index (Phi) is 5.40. The standard InChI is InChI=1S/C13H27N3O/c1-4-13(2,3)15-12(17)10-16-8-6-5-7-11(16)9-14/h11H,4-10,14H2,1-3H3,(H,15,17). The van der Waals surface area contributed by atoms with Crippen LogP contribution in [-0.4, -0.2) is 42.0 Å². The van der Waals surface area contributed by atoms with Crippen LogP contribution in [0, 0.1) is 0 Å². The Morgan fingerprint density at radius 2 is 2.18 bits per heavy atom. The third kappa shape index (κ3) is 4.64.